The van der Waals surface area contributed by atoms with E-state index in [-0.39, 0.29) is 23.5 Å². The number of nitrogens with zero attached hydrogens (tertiary/aromatic N) is 3. The van der Waals surface area contributed by atoms with Gasteiger partial charge in [0.1, 0.15) is 11.8 Å². The number of benzene rings is 3. The first-order valence-electron chi connectivity index (χ1n) is 17.8. The number of carboxylic acid groups (broad SMARTS) is 1. The van der Waals surface area contributed by atoms with Gasteiger partial charge in [0.15, 0.2) is 11.6 Å². The van der Waals surface area contributed by atoms with Crippen LogP contribution in [0.1, 0.15) is 94.1 Å². The minimum absolute atomic E-state index is 0.00495. The van der Waals surface area contributed by atoms with E-state index in [2.05, 4.69) is 37.7 Å². The quantitative estimate of drug-likeness (QED) is 0.0936. The summed E-state index contributed by atoms with van der Waals surface area (Å²) in [4.78, 5) is 49.4. The van der Waals surface area contributed by atoms with Gasteiger partial charge < -0.3 is 14.7 Å². The number of aromatic nitrogens is 2. The second-order valence-corrected chi connectivity index (χ2v) is 14.3. The number of carbonyl (C=O) groups is 3. The van der Waals surface area contributed by atoms with Gasteiger partial charge in [-0.3, -0.25) is 9.59 Å². The largest absolute Gasteiger partial charge is 0.494 e. The van der Waals surface area contributed by atoms with E-state index in [0.717, 1.165) is 46.6 Å². The second kappa shape index (κ2) is 16.7. The average Bonchev–Trinajstić information content (AvgIpc) is 3.09. The molecule has 0 aliphatic carbocycles. The summed E-state index contributed by atoms with van der Waals surface area (Å²) in [7, 11) is 0. The van der Waals surface area contributed by atoms with Crippen LogP contribution in [0.2, 0.25) is 0 Å². The minimum Gasteiger partial charge on any atom is -0.494 e. The van der Waals surface area contributed by atoms with Crippen molar-refractivity contribution in [3.8, 4) is 28.3 Å². The van der Waals surface area contributed by atoms with E-state index in [1.807, 2.05) is 72.8 Å². The zero-order valence-electron chi connectivity index (χ0n) is 29.7. The number of carbonyl (C=O) groups excluding carboxylic acids is 2. The maximum atomic E-state index is 13.6. The van der Waals surface area contributed by atoms with Gasteiger partial charge in [0.2, 0.25) is 5.91 Å². The number of ether oxygens (including phenoxy) is 1. The molecule has 262 valence electrons. The molecular weight excluding hydrogens is 626 g/mol. The molecule has 4 aromatic rings. The maximum absolute atomic E-state index is 13.6. The number of ketones is 1. The third-order valence-electron chi connectivity index (χ3n) is 9.49. The first-order valence-corrected chi connectivity index (χ1v) is 17.8. The minimum atomic E-state index is -1.02. The second-order valence-electron chi connectivity index (χ2n) is 14.3. The van der Waals surface area contributed by atoms with Crippen molar-refractivity contribution in [1.82, 2.24) is 14.9 Å². The van der Waals surface area contributed by atoms with Crippen LogP contribution in [0, 0.1) is 5.92 Å². The van der Waals surface area contributed by atoms with Gasteiger partial charge in [-0.15, -0.1) is 0 Å². The van der Waals surface area contributed by atoms with Crippen molar-refractivity contribution in [3.05, 3.63) is 102 Å². The van der Waals surface area contributed by atoms with Gasteiger partial charge in [-0.05, 0) is 53.5 Å². The Morgan fingerprint density at radius 2 is 1.48 bits per heavy atom. The van der Waals surface area contributed by atoms with Crippen LogP contribution in [0.4, 0.5) is 0 Å². The molecule has 8 nitrogen and oxygen atoms in total. The standard InChI is InChI=1S/C42H49N3O5/c1-5-6-7-8-9-24-50-36-20-16-30(17-21-36)34-27-43-39(44-28-34)32-12-10-29(11-13-32)25-33(40(47)45-23-22-37(45)41(48)49)26-38(46)31-14-18-35(19-15-31)42(2,3)4/h10-21,27-28,33,37H,5-9,22-26H2,1-4H3,(H,48,49)/t33-,37?/m1/s1. The molecule has 2 heterocycles. The molecule has 0 saturated carbocycles. The van der Waals surface area contributed by atoms with Crippen LogP contribution in [-0.4, -0.2) is 56.8 Å². The predicted molar refractivity (Wildman–Crippen MR) is 196 cm³/mol. The number of amides is 1. The number of unbranched alkanes of at least 4 members (excludes halogenated alkanes) is 4. The van der Waals surface area contributed by atoms with Crippen molar-refractivity contribution in [1.29, 1.82) is 0 Å². The first kappa shape index (κ1) is 36.4. The highest BCUT2D eigenvalue weighted by Gasteiger charge is 2.40. The van der Waals surface area contributed by atoms with Crippen LogP contribution in [0.5, 0.6) is 5.75 Å². The molecule has 2 atom stereocenters. The zero-order chi connectivity index (χ0) is 35.7. The Bertz CT molecular complexity index is 1730. The summed E-state index contributed by atoms with van der Waals surface area (Å²) in [5, 5.41) is 9.59. The number of carboxylic acids is 1. The molecule has 1 fully saturated rings. The fourth-order valence-electron chi connectivity index (χ4n) is 6.23. The summed E-state index contributed by atoms with van der Waals surface area (Å²) < 4.78 is 5.90. The van der Waals surface area contributed by atoms with E-state index in [4.69, 9.17) is 4.74 Å². The van der Waals surface area contributed by atoms with Crippen LogP contribution in [0.3, 0.4) is 0 Å². The van der Waals surface area contributed by atoms with Gasteiger partial charge in [-0.25, -0.2) is 14.8 Å². The molecule has 3 aromatic carbocycles. The van der Waals surface area contributed by atoms with Crippen molar-refractivity contribution in [2.75, 3.05) is 13.2 Å². The third kappa shape index (κ3) is 9.43. The molecule has 0 radical (unpaired) electrons. The van der Waals surface area contributed by atoms with Gasteiger partial charge in [0, 0.05) is 48.0 Å². The average molecular weight is 676 g/mol. The smallest absolute Gasteiger partial charge is 0.326 e. The monoisotopic (exact) mass is 675 g/mol. The summed E-state index contributed by atoms with van der Waals surface area (Å²) in [5.41, 5.74) is 5.23. The first-order chi connectivity index (χ1) is 24.0. The van der Waals surface area contributed by atoms with E-state index in [0.29, 0.717) is 30.8 Å². The van der Waals surface area contributed by atoms with Crippen LogP contribution in [-0.2, 0) is 21.4 Å². The highest BCUT2D eigenvalue weighted by molar-refractivity contribution is 5.99. The van der Waals surface area contributed by atoms with Gasteiger partial charge >= 0.3 is 5.97 Å². The van der Waals surface area contributed by atoms with Gasteiger partial charge in [0.05, 0.1) is 6.61 Å². The molecule has 0 spiro atoms. The fourth-order valence-corrected chi connectivity index (χ4v) is 6.23. The molecule has 1 aromatic heterocycles. The van der Waals surface area contributed by atoms with E-state index in [1.54, 1.807) is 12.4 Å². The molecule has 0 bridgehead atoms. The number of Topliss-reactive ketones (excluding diaryl/α,β-unsaturated/α-hetero) is 1. The zero-order valence-corrected chi connectivity index (χ0v) is 29.7. The SMILES string of the molecule is CCCCCCCOc1ccc(-c2cnc(-c3ccc(C[C@H](CC(=O)c4ccc(C(C)(C)C)cc4)C(=O)N4CCC4C(=O)O)cc3)nc2)cc1. The molecule has 1 saturated heterocycles. The molecule has 5 rings (SSSR count). The van der Waals surface area contributed by atoms with Crippen molar-refractivity contribution in [2.24, 2.45) is 5.92 Å². The van der Waals surface area contributed by atoms with E-state index < -0.39 is 17.9 Å². The topological polar surface area (TPSA) is 110 Å². The van der Waals surface area contributed by atoms with Gasteiger partial charge in [0.25, 0.3) is 0 Å². The van der Waals surface area contributed by atoms with Crippen molar-refractivity contribution in [3.63, 3.8) is 0 Å². The van der Waals surface area contributed by atoms with Crippen molar-refractivity contribution in [2.45, 2.75) is 90.5 Å². The summed E-state index contributed by atoms with van der Waals surface area (Å²) >= 11 is 0. The predicted octanol–water partition coefficient (Wildman–Crippen LogP) is 8.57. The van der Waals surface area contributed by atoms with Crippen LogP contribution in [0.15, 0.2) is 85.2 Å². The lowest BCUT2D eigenvalue weighted by molar-refractivity contribution is -0.159. The Balaban J connectivity index is 1.23. The number of aliphatic carboxylic acids is 1. The van der Waals surface area contributed by atoms with E-state index in [1.165, 1.54) is 30.6 Å². The fraction of sp³-hybridized carbons (Fsp3) is 0.405. The highest BCUT2D eigenvalue weighted by Crippen LogP contribution is 2.28. The number of hydrogen-bond donors (Lipinski definition) is 1. The Labute approximate surface area is 295 Å². The lowest BCUT2D eigenvalue weighted by Crippen LogP contribution is -2.57. The van der Waals surface area contributed by atoms with Crippen molar-refractivity contribution >= 4 is 17.7 Å². The van der Waals surface area contributed by atoms with Crippen LogP contribution < -0.4 is 4.74 Å². The molecule has 8 heteroatoms. The van der Waals surface area contributed by atoms with Crippen LogP contribution >= 0.6 is 0 Å². The summed E-state index contributed by atoms with van der Waals surface area (Å²) in [5.74, 6) is -0.700. The van der Waals surface area contributed by atoms with Gasteiger partial charge in [-0.2, -0.15) is 0 Å². The number of hydrogen-bond acceptors (Lipinski definition) is 6. The third-order valence-corrected chi connectivity index (χ3v) is 9.49. The van der Waals surface area contributed by atoms with E-state index in [9.17, 15) is 19.5 Å². The molecule has 50 heavy (non-hydrogen) atoms. The molecule has 1 N–H and O–H groups in total. The lowest BCUT2D eigenvalue weighted by atomic mass is 9.85. The van der Waals surface area contributed by atoms with Gasteiger partial charge in [-0.1, -0.05) is 114 Å². The lowest BCUT2D eigenvalue weighted by Gasteiger charge is -2.40. The molecule has 1 unspecified atom stereocenters. The Kier molecular flexibility index (Phi) is 12.2. The summed E-state index contributed by atoms with van der Waals surface area (Å²) in [6.45, 7) is 9.67. The Morgan fingerprint density at radius 3 is 2.06 bits per heavy atom. The normalized spacial score (nSPS) is 14.9. The summed E-state index contributed by atoms with van der Waals surface area (Å²) in [6, 6.07) is 22.3. The molecular formula is C42H49N3O5. The van der Waals surface area contributed by atoms with Crippen LogP contribution in [0.25, 0.3) is 22.5 Å². The van der Waals surface area contributed by atoms with Crippen molar-refractivity contribution < 1.29 is 24.2 Å². The number of likely N-dealkylation sites (tertiary alicyclic amines) is 1. The van der Waals surface area contributed by atoms with E-state index >= 15 is 0 Å². The Morgan fingerprint density at radius 1 is 0.840 bits per heavy atom. The highest BCUT2D eigenvalue weighted by atomic mass is 16.5. The molecule has 1 amide bonds. The molecule has 1 aliphatic heterocycles. The Hall–Kier alpha value is -4.85. The summed E-state index contributed by atoms with van der Waals surface area (Å²) in [6.07, 6.45) is 10.4. The maximum Gasteiger partial charge on any atom is 0.326 e. The number of rotatable bonds is 16. The molecule has 1 aliphatic rings.